The first-order valence-corrected chi connectivity index (χ1v) is 8.84. The quantitative estimate of drug-likeness (QED) is 0.678. The third-order valence-corrected chi connectivity index (χ3v) is 4.89. The van der Waals surface area contributed by atoms with Crippen molar-refractivity contribution in [3.05, 3.63) is 53.7 Å². The van der Waals surface area contributed by atoms with Crippen LogP contribution in [0.2, 0.25) is 0 Å². The average molecular weight is 388 g/mol. The molecular formula is C20H18F2N2O4. The average Bonchev–Trinajstić information content (AvgIpc) is 3.08. The summed E-state index contributed by atoms with van der Waals surface area (Å²) >= 11 is 0. The summed E-state index contributed by atoms with van der Waals surface area (Å²) in [7, 11) is 0. The van der Waals surface area contributed by atoms with Gasteiger partial charge in [-0.3, -0.25) is 4.79 Å². The van der Waals surface area contributed by atoms with Gasteiger partial charge in [0.05, 0.1) is 11.2 Å². The van der Waals surface area contributed by atoms with E-state index >= 15 is 0 Å². The Morgan fingerprint density at radius 1 is 1.21 bits per heavy atom. The van der Waals surface area contributed by atoms with Crippen LogP contribution in [-0.4, -0.2) is 41.0 Å². The Morgan fingerprint density at radius 2 is 2.00 bits per heavy atom. The normalized spacial score (nSPS) is 16.4. The summed E-state index contributed by atoms with van der Waals surface area (Å²) in [6.45, 7) is -2.13. The molecule has 0 bridgehead atoms. The molecule has 146 valence electrons. The van der Waals surface area contributed by atoms with Gasteiger partial charge in [0.2, 0.25) is 0 Å². The van der Waals surface area contributed by atoms with E-state index in [0.717, 1.165) is 6.29 Å². The molecule has 0 amide bonds. The van der Waals surface area contributed by atoms with Gasteiger partial charge >= 0.3 is 6.61 Å². The molecule has 0 unspecified atom stereocenters. The summed E-state index contributed by atoms with van der Waals surface area (Å²) in [5, 5.41) is 16.4. The van der Waals surface area contributed by atoms with Gasteiger partial charge in [0, 0.05) is 43.1 Å². The number of aldehydes is 1. The Labute approximate surface area is 159 Å². The van der Waals surface area contributed by atoms with Gasteiger partial charge in [-0.2, -0.15) is 13.9 Å². The van der Waals surface area contributed by atoms with Gasteiger partial charge in [-0.25, -0.2) is 4.68 Å². The Morgan fingerprint density at radius 3 is 2.71 bits per heavy atom. The SMILES string of the molecule is O=Cc1ccc2c(c1)c(C1(O)CCOCC1)nn2-c1cccc(OC(F)F)c1. The minimum absolute atomic E-state index is 0.00647. The molecule has 1 aromatic heterocycles. The number of aromatic nitrogens is 2. The first-order valence-electron chi connectivity index (χ1n) is 8.84. The topological polar surface area (TPSA) is 73.6 Å². The number of rotatable bonds is 5. The van der Waals surface area contributed by atoms with Crippen molar-refractivity contribution >= 4 is 17.2 Å². The van der Waals surface area contributed by atoms with Crippen molar-refractivity contribution in [3.63, 3.8) is 0 Å². The fourth-order valence-corrected chi connectivity index (χ4v) is 3.49. The van der Waals surface area contributed by atoms with E-state index < -0.39 is 12.2 Å². The maximum Gasteiger partial charge on any atom is 0.387 e. The molecule has 1 N–H and O–H groups in total. The zero-order valence-electron chi connectivity index (χ0n) is 14.8. The summed E-state index contributed by atoms with van der Waals surface area (Å²) in [6, 6.07) is 11.2. The van der Waals surface area contributed by atoms with Crippen LogP contribution in [0.4, 0.5) is 8.78 Å². The van der Waals surface area contributed by atoms with Crippen molar-refractivity contribution in [1.82, 2.24) is 9.78 Å². The molecule has 2 aromatic carbocycles. The predicted octanol–water partition coefficient (Wildman–Crippen LogP) is 3.44. The molecule has 4 rings (SSSR count). The Balaban J connectivity index is 1.89. The van der Waals surface area contributed by atoms with Crippen LogP contribution in [0.15, 0.2) is 42.5 Å². The van der Waals surface area contributed by atoms with E-state index in [1.165, 1.54) is 12.1 Å². The number of halogens is 2. The van der Waals surface area contributed by atoms with Crippen LogP contribution in [0.25, 0.3) is 16.6 Å². The maximum absolute atomic E-state index is 12.6. The number of alkyl halides is 2. The van der Waals surface area contributed by atoms with E-state index in [9.17, 15) is 18.7 Å². The zero-order chi connectivity index (χ0) is 19.7. The first kappa shape index (κ1) is 18.5. The van der Waals surface area contributed by atoms with E-state index in [2.05, 4.69) is 9.84 Å². The Kier molecular flexibility index (Phi) is 4.82. The van der Waals surface area contributed by atoms with E-state index in [1.807, 2.05) is 0 Å². The molecule has 6 nitrogen and oxygen atoms in total. The van der Waals surface area contributed by atoms with Gasteiger partial charge in [-0.15, -0.1) is 0 Å². The predicted molar refractivity (Wildman–Crippen MR) is 97.0 cm³/mol. The van der Waals surface area contributed by atoms with Gasteiger partial charge in [0.25, 0.3) is 0 Å². The largest absolute Gasteiger partial charge is 0.435 e. The maximum atomic E-state index is 12.6. The van der Waals surface area contributed by atoms with Gasteiger partial charge in [0.15, 0.2) is 0 Å². The van der Waals surface area contributed by atoms with Crippen LogP contribution in [0.3, 0.4) is 0 Å². The van der Waals surface area contributed by atoms with E-state index in [0.29, 0.717) is 53.9 Å². The molecule has 1 aliphatic heterocycles. The second-order valence-corrected chi connectivity index (χ2v) is 6.67. The third-order valence-electron chi connectivity index (χ3n) is 4.89. The monoisotopic (exact) mass is 388 g/mol. The van der Waals surface area contributed by atoms with Gasteiger partial charge in [0.1, 0.15) is 23.3 Å². The zero-order valence-corrected chi connectivity index (χ0v) is 14.8. The fourth-order valence-electron chi connectivity index (χ4n) is 3.49. The highest BCUT2D eigenvalue weighted by molar-refractivity contribution is 5.90. The molecule has 2 heterocycles. The highest BCUT2D eigenvalue weighted by Gasteiger charge is 2.36. The summed E-state index contributed by atoms with van der Waals surface area (Å²) in [4.78, 5) is 11.2. The number of hydrogen-bond donors (Lipinski definition) is 1. The van der Waals surface area contributed by atoms with Crippen LogP contribution < -0.4 is 4.74 Å². The van der Waals surface area contributed by atoms with Crippen LogP contribution in [0.1, 0.15) is 28.9 Å². The van der Waals surface area contributed by atoms with E-state index in [4.69, 9.17) is 4.74 Å². The molecule has 1 aliphatic rings. The summed E-state index contributed by atoms with van der Waals surface area (Å²) in [5.74, 6) is 0.00647. The highest BCUT2D eigenvalue weighted by atomic mass is 19.3. The molecule has 1 fully saturated rings. The number of carbonyl (C=O) groups is 1. The second kappa shape index (κ2) is 7.29. The molecular weight excluding hydrogens is 370 g/mol. The lowest BCUT2D eigenvalue weighted by molar-refractivity contribution is -0.0698. The van der Waals surface area contributed by atoms with E-state index in [-0.39, 0.29) is 5.75 Å². The van der Waals surface area contributed by atoms with Crippen molar-refractivity contribution in [1.29, 1.82) is 0 Å². The highest BCUT2D eigenvalue weighted by Crippen LogP contribution is 2.37. The van der Waals surface area contributed by atoms with Crippen molar-refractivity contribution in [2.24, 2.45) is 0 Å². The molecule has 8 heteroatoms. The van der Waals surface area contributed by atoms with E-state index in [1.54, 1.807) is 35.0 Å². The third kappa shape index (κ3) is 3.36. The fraction of sp³-hybridized carbons (Fsp3) is 0.300. The second-order valence-electron chi connectivity index (χ2n) is 6.67. The molecule has 0 aliphatic carbocycles. The van der Waals surface area contributed by atoms with Crippen LogP contribution in [-0.2, 0) is 10.3 Å². The van der Waals surface area contributed by atoms with Crippen molar-refractivity contribution < 1.29 is 28.2 Å². The van der Waals surface area contributed by atoms with Crippen molar-refractivity contribution in [2.45, 2.75) is 25.1 Å². The first-order chi connectivity index (χ1) is 13.5. The standard InChI is InChI=1S/C20H18F2N2O4/c21-19(22)28-15-3-1-2-14(11-15)24-17-5-4-13(12-25)10-16(17)18(23-24)20(26)6-8-27-9-7-20/h1-5,10-12,19,26H,6-9H2. The Bertz CT molecular complexity index is 1010. The molecule has 0 radical (unpaired) electrons. The number of benzene rings is 2. The molecule has 0 saturated carbocycles. The van der Waals surface area contributed by atoms with Crippen LogP contribution in [0.5, 0.6) is 5.75 Å². The van der Waals surface area contributed by atoms with Gasteiger partial charge < -0.3 is 14.6 Å². The molecule has 0 spiro atoms. The lowest BCUT2D eigenvalue weighted by atomic mass is 9.88. The Hall–Kier alpha value is -2.84. The van der Waals surface area contributed by atoms with Gasteiger partial charge in [-0.05, 0) is 30.3 Å². The lowest BCUT2D eigenvalue weighted by Gasteiger charge is -2.30. The number of ether oxygens (including phenoxy) is 2. The molecule has 1 saturated heterocycles. The number of aliphatic hydroxyl groups is 1. The van der Waals surface area contributed by atoms with Crippen LogP contribution >= 0.6 is 0 Å². The van der Waals surface area contributed by atoms with Gasteiger partial charge in [-0.1, -0.05) is 6.07 Å². The van der Waals surface area contributed by atoms with Crippen molar-refractivity contribution in [3.8, 4) is 11.4 Å². The number of fused-ring (bicyclic) bond motifs is 1. The number of nitrogens with zero attached hydrogens (tertiary/aromatic N) is 2. The van der Waals surface area contributed by atoms with Crippen molar-refractivity contribution in [2.75, 3.05) is 13.2 Å². The summed E-state index contributed by atoms with van der Waals surface area (Å²) < 4.78 is 36.5. The minimum atomic E-state index is -2.93. The minimum Gasteiger partial charge on any atom is -0.435 e. The lowest BCUT2D eigenvalue weighted by Crippen LogP contribution is -2.34. The smallest absolute Gasteiger partial charge is 0.387 e. The van der Waals surface area contributed by atoms with Crippen LogP contribution in [0, 0.1) is 0 Å². The summed E-state index contributed by atoms with van der Waals surface area (Å²) in [5.41, 5.74) is 0.854. The molecule has 28 heavy (non-hydrogen) atoms. The molecule has 3 aromatic rings. The summed E-state index contributed by atoms with van der Waals surface area (Å²) in [6.07, 6.45) is 1.48. The number of carbonyl (C=O) groups excluding carboxylic acids is 1. The number of hydrogen-bond acceptors (Lipinski definition) is 5. The molecule has 0 atom stereocenters.